The molecular formula is C18H25N3O3. The Bertz CT molecular complexity index is 721. The zero-order chi connectivity index (χ0) is 17.7. The Balaban J connectivity index is 2.15. The lowest BCUT2D eigenvalue weighted by atomic mass is 10.0. The number of carbonyl (C=O) groups excluding carboxylic acids is 2. The minimum Gasteiger partial charge on any atom is -0.375 e. The van der Waals surface area contributed by atoms with Gasteiger partial charge in [-0.05, 0) is 36.4 Å². The molecule has 0 spiro atoms. The number of nitrogens with one attached hydrogen (secondary N) is 2. The van der Waals surface area contributed by atoms with Crippen LogP contribution >= 0.6 is 0 Å². The van der Waals surface area contributed by atoms with E-state index in [1.54, 1.807) is 0 Å². The molecule has 6 nitrogen and oxygen atoms in total. The van der Waals surface area contributed by atoms with Crippen LogP contribution in [0.15, 0.2) is 30.5 Å². The predicted molar refractivity (Wildman–Crippen MR) is 94.9 cm³/mol. The summed E-state index contributed by atoms with van der Waals surface area (Å²) in [6, 6.07) is 7.23. The highest BCUT2D eigenvalue weighted by atomic mass is 16.5. The third-order valence-corrected chi connectivity index (χ3v) is 3.92. The van der Waals surface area contributed by atoms with E-state index in [1.165, 1.54) is 7.11 Å². The molecule has 2 rings (SSSR count). The molecule has 1 aromatic heterocycles. The summed E-state index contributed by atoms with van der Waals surface area (Å²) >= 11 is 0. The van der Waals surface area contributed by atoms with Gasteiger partial charge >= 0.3 is 0 Å². The first kappa shape index (κ1) is 18.0. The van der Waals surface area contributed by atoms with Gasteiger partial charge in [-0.1, -0.05) is 19.9 Å². The van der Waals surface area contributed by atoms with Gasteiger partial charge < -0.3 is 19.9 Å². The lowest BCUT2D eigenvalue weighted by Gasteiger charge is -2.21. The maximum Gasteiger partial charge on any atom is 0.247 e. The second-order valence-electron chi connectivity index (χ2n) is 6.09. The van der Waals surface area contributed by atoms with Crippen LogP contribution in [0, 0.1) is 5.92 Å². The molecule has 0 fully saturated rings. The zero-order valence-corrected chi connectivity index (χ0v) is 14.6. The van der Waals surface area contributed by atoms with Gasteiger partial charge in [0.15, 0.2) is 0 Å². The molecule has 0 aliphatic carbocycles. The van der Waals surface area contributed by atoms with Gasteiger partial charge in [0, 0.05) is 25.5 Å². The second kappa shape index (κ2) is 7.97. The highest BCUT2D eigenvalue weighted by Gasteiger charge is 2.24. The lowest BCUT2D eigenvalue weighted by molar-refractivity contribution is -0.129. The molecule has 0 aliphatic heterocycles. The number of aryl methyl sites for hydroxylation is 1. The molecule has 2 aromatic rings. The molecule has 1 aromatic carbocycles. The highest BCUT2D eigenvalue weighted by molar-refractivity contribution is 5.99. The molecule has 2 N–H and O–H groups in total. The van der Waals surface area contributed by atoms with Crippen molar-refractivity contribution in [2.45, 2.75) is 33.4 Å². The number of fused-ring (bicyclic) bond motifs is 1. The van der Waals surface area contributed by atoms with Crippen LogP contribution < -0.4 is 10.6 Å². The summed E-state index contributed by atoms with van der Waals surface area (Å²) in [5.41, 5.74) is 1.78. The van der Waals surface area contributed by atoms with Crippen LogP contribution in [0.1, 0.15) is 20.8 Å². The molecule has 1 heterocycles. The van der Waals surface area contributed by atoms with E-state index in [1.807, 2.05) is 44.3 Å². The molecule has 0 saturated carbocycles. The maximum absolute atomic E-state index is 12.5. The summed E-state index contributed by atoms with van der Waals surface area (Å²) in [7, 11) is 1.45. The van der Waals surface area contributed by atoms with Gasteiger partial charge in [-0.3, -0.25) is 9.59 Å². The van der Waals surface area contributed by atoms with Gasteiger partial charge in [0.05, 0.1) is 5.52 Å². The van der Waals surface area contributed by atoms with Gasteiger partial charge in [0.25, 0.3) is 0 Å². The van der Waals surface area contributed by atoms with E-state index < -0.39 is 6.04 Å². The van der Waals surface area contributed by atoms with Crippen LogP contribution in [0.3, 0.4) is 0 Å². The average Bonchev–Trinajstić information content (AvgIpc) is 2.94. The van der Waals surface area contributed by atoms with Gasteiger partial charge in [0.1, 0.15) is 12.6 Å². The molecule has 130 valence electrons. The first-order valence-electron chi connectivity index (χ1n) is 8.14. The van der Waals surface area contributed by atoms with Crippen molar-refractivity contribution in [1.82, 2.24) is 9.88 Å². The SMILES string of the molecule is CCn1ccc2ccc(NC(=O)[C@@H](NC(=O)COC)C(C)C)cc21. The second-order valence-corrected chi connectivity index (χ2v) is 6.09. The van der Waals surface area contributed by atoms with Crippen LogP contribution in [0.5, 0.6) is 0 Å². The van der Waals surface area contributed by atoms with E-state index in [0.29, 0.717) is 5.69 Å². The first-order chi connectivity index (χ1) is 11.5. The van der Waals surface area contributed by atoms with Crippen molar-refractivity contribution in [2.24, 2.45) is 5.92 Å². The van der Waals surface area contributed by atoms with Crippen molar-refractivity contribution in [3.63, 3.8) is 0 Å². The number of amides is 2. The van der Waals surface area contributed by atoms with E-state index in [-0.39, 0.29) is 24.3 Å². The number of anilines is 1. The predicted octanol–water partition coefficient (Wildman–Crippen LogP) is 2.39. The van der Waals surface area contributed by atoms with Gasteiger partial charge in [0.2, 0.25) is 11.8 Å². The number of nitrogens with zero attached hydrogens (tertiary/aromatic N) is 1. The van der Waals surface area contributed by atoms with Crippen molar-refractivity contribution in [3.8, 4) is 0 Å². The zero-order valence-electron chi connectivity index (χ0n) is 14.6. The Morgan fingerprint density at radius 1 is 1.25 bits per heavy atom. The van der Waals surface area contributed by atoms with Crippen LogP contribution in [-0.2, 0) is 20.9 Å². The van der Waals surface area contributed by atoms with Crippen molar-refractivity contribution >= 4 is 28.4 Å². The molecule has 24 heavy (non-hydrogen) atoms. The fourth-order valence-electron chi connectivity index (χ4n) is 2.64. The standard InChI is InChI=1S/C18H25N3O3/c1-5-21-9-8-13-6-7-14(10-15(13)21)19-18(23)17(12(2)3)20-16(22)11-24-4/h6-10,12,17H,5,11H2,1-4H3,(H,19,23)(H,20,22)/t17-/m0/s1. The average molecular weight is 331 g/mol. The quantitative estimate of drug-likeness (QED) is 0.818. The van der Waals surface area contributed by atoms with Gasteiger partial charge in [-0.25, -0.2) is 0 Å². The molecule has 6 heteroatoms. The number of methoxy groups -OCH3 is 1. The van der Waals surface area contributed by atoms with E-state index in [4.69, 9.17) is 4.74 Å². The summed E-state index contributed by atoms with van der Waals surface area (Å²) < 4.78 is 6.92. The number of carbonyl (C=O) groups is 2. The summed E-state index contributed by atoms with van der Waals surface area (Å²) in [5.74, 6) is -0.570. The Kier molecular flexibility index (Phi) is 5.98. The van der Waals surface area contributed by atoms with Gasteiger partial charge in [-0.2, -0.15) is 0 Å². The molecule has 0 aliphatic rings. The fourth-order valence-corrected chi connectivity index (χ4v) is 2.64. The first-order valence-corrected chi connectivity index (χ1v) is 8.14. The number of hydrogen-bond donors (Lipinski definition) is 2. The minimum atomic E-state index is -0.610. The smallest absolute Gasteiger partial charge is 0.247 e. The van der Waals surface area contributed by atoms with E-state index in [0.717, 1.165) is 17.4 Å². The maximum atomic E-state index is 12.5. The summed E-state index contributed by atoms with van der Waals surface area (Å²) in [6.07, 6.45) is 2.03. The highest BCUT2D eigenvalue weighted by Crippen LogP contribution is 2.21. The number of aromatic nitrogens is 1. The van der Waals surface area contributed by atoms with E-state index in [2.05, 4.69) is 22.1 Å². The van der Waals surface area contributed by atoms with Crippen molar-refractivity contribution < 1.29 is 14.3 Å². The van der Waals surface area contributed by atoms with E-state index in [9.17, 15) is 9.59 Å². The Labute approximate surface area is 142 Å². The number of benzene rings is 1. The topological polar surface area (TPSA) is 72.4 Å². The van der Waals surface area contributed by atoms with Gasteiger partial charge in [-0.15, -0.1) is 0 Å². The number of ether oxygens (including phenoxy) is 1. The molecule has 0 saturated heterocycles. The molecule has 0 bridgehead atoms. The van der Waals surface area contributed by atoms with E-state index >= 15 is 0 Å². The Morgan fingerprint density at radius 2 is 2.00 bits per heavy atom. The van der Waals surface area contributed by atoms with Crippen LogP contribution in [0.25, 0.3) is 10.9 Å². The van der Waals surface area contributed by atoms with Crippen molar-refractivity contribution in [3.05, 3.63) is 30.5 Å². The third-order valence-electron chi connectivity index (χ3n) is 3.92. The van der Waals surface area contributed by atoms with Crippen molar-refractivity contribution in [2.75, 3.05) is 19.0 Å². The summed E-state index contributed by atoms with van der Waals surface area (Å²) in [4.78, 5) is 24.3. The monoisotopic (exact) mass is 331 g/mol. The molecule has 1 atom stereocenters. The van der Waals surface area contributed by atoms with Crippen LogP contribution in [0.2, 0.25) is 0 Å². The minimum absolute atomic E-state index is 0.0333. The Hall–Kier alpha value is -2.34. The van der Waals surface area contributed by atoms with Crippen LogP contribution in [-0.4, -0.2) is 36.1 Å². The molecule has 0 radical (unpaired) electrons. The Morgan fingerprint density at radius 3 is 2.62 bits per heavy atom. The molecule has 2 amide bonds. The summed E-state index contributed by atoms with van der Waals surface area (Å²) in [5, 5.41) is 6.74. The number of hydrogen-bond acceptors (Lipinski definition) is 3. The molecule has 0 unspecified atom stereocenters. The summed E-state index contributed by atoms with van der Waals surface area (Å²) in [6.45, 7) is 6.66. The number of rotatable bonds is 7. The third kappa shape index (κ3) is 4.14. The lowest BCUT2D eigenvalue weighted by Crippen LogP contribution is -2.48. The molecular weight excluding hydrogens is 306 g/mol. The largest absolute Gasteiger partial charge is 0.375 e. The fraction of sp³-hybridized carbons (Fsp3) is 0.444. The normalized spacial score (nSPS) is 12.4. The van der Waals surface area contributed by atoms with Crippen LogP contribution in [0.4, 0.5) is 5.69 Å². The van der Waals surface area contributed by atoms with Crippen molar-refractivity contribution in [1.29, 1.82) is 0 Å².